The van der Waals surface area contributed by atoms with E-state index in [1.807, 2.05) is 32.0 Å². The van der Waals surface area contributed by atoms with Crippen LogP contribution >= 0.6 is 24.0 Å². The Bertz CT molecular complexity index is 773. The van der Waals surface area contributed by atoms with Gasteiger partial charge in [0, 0.05) is 11.6 Å². The van der Waals surface area contributed by atoms with Crippen LogP contribution in [-0.2, 0) is 4.79 Å². The van der Waals surface area contributed by atoms with Crippen molar-refractivity contribution in [2.75, 3.05) is 26.2 Å². The number of furan rings is 1. The summed E-state index contributed by atoms with van der Waals surface area (Å²) in [6, 6.07) is 9.41. The molecule has 1 N–H and O–H groups in total. The van der Waals surface area contributed by atoms with Gasteiger partial charge in [0.15, 0.2) is 6.61 Å². The number of halogens is 2. The van der Waals surface area contributed by atoms with Crippen LogP contribution in [0.4, 0.5) is 0 Å². The van der Waals surface area contributed by atoms with Gasteiger partial charge in [0.1, 0.15) is 17.3 Å². The first-order valence-electron chi connectivity index (χ1n) is 9.49. The molecule has 1 unspecified atom stereocenters. The first-order valence-corrected chi connectivity index (χ1v) is 9.87. The summed E-state index contributed by atoms with van der Waals surface area (Å²) in [5.74, 6) is 2.29. The lowest BCUT2D eigenvalue weighted by molar-refractivity contribution is -0.123. The summed E-state index contributed by atoms with van der Waals surface area (Å²) in [5.41, 5.74) is 0.924. The number of rotatable bonds is 7. The summed E-state index contributed by atoms with van der Waals surface area (Å²) < 4.78 is 11.4. The number of hydrogen-bond donors (Lipinski definition) is 1. The lowest BCUT2D eigenvalue weighted by Crippen LogP contribution is -2.41. The Balaban J connectivity index is 0.00000280. The number of hydrogen-bond acceptors (Lipinski definition) is 4. The fourth-order valence-electron chi connectivity index (χ4n) is 3.39. The van der Waals surface area contributed by atoms with Crippen LogP contribution in [0.2, 0.25) is 5.02 Å². The van der Waals surface area contributed by atoms with E-state index in [9.17, 15) is 4.79 Å². The summed E-state index contributed by atoms with van der Waals surface area (Å²) in [6.07, 6.45) is 3.63. The first kappa shape index (κ1) is 22.6. The fraction of sp³-hybridized carbons (Fsp3) is 0.476. The van der Waals surface area contributed by atoms with Crippen LogP contribution in [-0.4, -0.2) is 37.0 Å². The van der Waals surface area contributed by atoms with Crippen LogP contribution in [0.3, 0.4) is 0 Å². The molecule has 28 heavy (non-hydrogen) atoms. The van der Waals surface area contributed by atoms with Crippen molar-refractivity contribution in [3.8, 4) is 5.75 Å². The Morgan fingerprint density at radius 1 is 1.21 bits per heavy atom. The topological polar surface area (TPSA) is 54.7 Å². The number of benzene rings is 1. The number of ether oxygens (including phenoxy) is 1. The first-order chi connectivity index (χ1) is 13.0. The quantitative estimate of drug-likeness (QED) is 0.697. The average Bonchev–Trinajstić information content (AvgIpc) is 3.10. The van der Waals surface area contributed by atoms with E-state index in [1.165, 1.54) is 19.3 Å². The fourth-order valence-corrected chi connectivity index (χ4v) is 3.51. The standard InChI is InChI=1S/C21H27ClN2O3.ClH/c1-15-12-17(7-8-18(15)22)26-14-21(25)23-13-19(20-9-6-16(2)27-20)24-10-4-3-5-11-24;/h6-9,12,19H,3-5,10-11,13-14H2,1-2H3,(H,23,25);1H. The molecule has 0 bridgehead atoms. The van der Waals surface area contributed by atoms with Crippen molar-refractivity contribution in [1.82, 2.24) is 10.2 Å². The third-order valence-electron chi connectivity index (χ3n) is 4.91. The largest absolute Gasteiger partial charge is 0.484 e. The molecule has 1 aliphatic heterocycles. The molecule has 0 saturated carbocycles. The Morgan fingerprint density at radius 3 is 2.61 bits per heavy atom. The summed E-state index contributed by atoms with van der Waals surface area (Å²) in [7, 11) is 0. The maximum atomic E-state index is 12.3. The van der Waals surface area contributed by atoms with Gasteiger partial charge in [-0.1, -0.05) is 18.0 Å². The van der Waals surface area contributed by atoms with E-state index in [0.717, 1.165) is 30.2 Å². The second-order valence-corrected chi connectivity index (χ2v) is 7.47. The summed E-state index contributed by atoms with van der Waals surface area (Å²) in [5, 5.41) is 3.68. The Kier molecular flexibility index (Phi) is 8.67. The van der Waals surface area contributed by atoms with E-state index in [2.05, 4.69) is 10.2 Å². The van der Waals surface area contributed by atoms with Crippen molar-refractivity contribution in [3.63, 3.8) is 0 Å². The normalized spacial score (nSPS) is 15.5. The minimum absolute atomic E-state index is 0. The second-order valence-electron chi connectivity index (χ2n) is 7.06. The predicted octanol–water partition coefficient (Wildman–Crippen LogP) is 4.69. The molecule has 154 valence electrons. The average molecular weight is 427 g/mol. The molecule has 2 heterocycles. The molecule has 1 amide bonds. The van der Waals surface area contributed by atoms with Crippen LogP contribution in [0.25, 0.3) is 0 Å². The summed E-state index contributed by atoms with van der Waals surface area (Å²) in [6.45, 7) is 6.39. The molecule has 3 rings (SSSR count). The Morgan fingerprint density at radius 2 is 1.96 bits per heavy atom. The van der Waals surface area contributed by atoms with Crippen molar-refractivity contribution in [2.45, 2.75) is 39.2 Å². The van der Waals surface area contributed by atoms with Gasteiger partial charge >= 0.3 is 0 Å². The highest BCUT2D eigenvalue weighted by atomic mass is 35.5. The number of piperidine rings is 1. The van der Waals surface area contributed by atoms with Crippen LogP contribution in [0.1, 0.15) is 42.4 Å². The van der Waals surface area contributed by atoms with Crippen LogP contribution in [0.15, 0.2) is 34.7 Å². The Labute approximate surface area is 177 Å². The maximum Gasteiger partial charge on any atom is 0.258 e. The molecule has 5 nitrogen and oxygen atoms in total. The van der Waals surface area contributed by atoms with Gasteiger partial charge in [-0.05, 0) is 75.7 Å². The highest BCUT2D eigenvalue weighted by molar-refractivity contribution is 6.31. The van der Waals surface area contributed by atoms with Gasteiger partial charge in [0.05, 0.1) is 6.04 Å². The molecule has 1 atom stereocenters. The van der Waals surface area contributed by atoms with Crippen molar-refractivity contribution in [3.05, 3.63) is 52.4 Å². The van der Waals surface area contributed by atoms with Gasteiger partial charge in [-0.15, -0.1) is 12.4 Å². The molecule has 1 aliphatic rings. The predicted molar refractivity (Wildman–Crippen MR) is 114 cm³/mol. The van der Waals surface area contributed by atoms with E-state index >= 15 is 0 Å². The van der Waals surface area contributed by atoms with Crippen molar-refractivity contribution in [1.29, 1.82) is 0 Å². The van der Waals surface area contributed by atoms with Crippen molar-refractivity contribution in [2.24, 2.45) is 0 Å². The van der Waals surface area contributed by atoms with Gasteiger partial charge < -0.3 is 14.5 Å². The number of carbonyl (C=O) groups excluding carboxylic acids is 1. The molecular weight excluding hydrogens is 399 g/mol. The van der Waals surface area contributed by atoms with Gasteiger partial charge in [-0.3, -0.25) is 9.69 Å². The van der Waals surface area contributed by atoms with Gasteiger partial charge in [0.2, 0.25) is 0 Å². The third kappa shape index (κ3) is 6.16. The van der Waals surface area contributed by atoms with Crippen LogP contribution < -0.4 is 10.1 Å². The number of likely N-dealkylation sites (tertiary alicyclic amines) is 1. The number of nitrogens with one attached hydrogen (secondary N) is 1. The SMILES string of the molecule is Cc1ccc(C(CNC(=O)COc2ccc(Cl)c(C)c2)N2CCCCC2)o1.Cl. The van der Waals surface area contributed by atoms with Crippen molar-refractivity contribution >= 4 is 29.9 Å². The lowest BCUT2D eigenvalue weighted by Gasteiger charge is -2.33. The van der Waals surface area contributed by atoms with E-state index in [1.54, 1.807) is 12.1 Å². The smallest absolute Gasteiger partial charge is 0.258 e. The molecule has 1 saturated heterocycles. The van der Waals surface area contributed by atoms with Gasteiger partial charge in [-0.25, -0.2) is 0 Å². The number of carbonyl (C=O) groups is 1. The minimum Gasteiger partial charge on any atom is -0.484 e. The third-order valence-corrected chi connectivity index (χ3v) is 5.34. The van der Waals surface area contributed by atoms with Gasteiger partial charge in [0.25, 0.3) is 5.91 Å². The molecular formula is C21H28Cl2N2O3. The Hall–Kier alpha value is -1.69. The van der Waals surface area contributed by atoms with E-state index in [-0.39, 0.29) is 31.0 Å². The highest BCUT2D eigenvalue weighted by Crippen LogP contribution is 2.26. The molecule has 1 aromatic carbocycles. The molecule has 7 heteroatoms. The molecule has 2 aromatic rings. The number of aryl methyl sites for hydroxylation is 2. The second kappa shape index (κ2) is 10.7. The van der Waals surface area contributed by atoms with Crippen LogP contribution in [0, 0.1) is 13.8 Å². The molecule has 0 aliphatic carbocycles. The molecule has 0 radical (unpaired) electrons. The zero-order chi connectivity index (χ0) is 19.2. The molecule has 0 spiro atoms. The molecule has 1 fully saturated rings. The minimum atomic E-state index is -0.145. The maximum absolute atomic E-state index is 12.3. The number of nitrogens with zero attached hydrogens (tertiary/aromatic N) is 1. The van der Waals surface area contributed by atoms with E-state index < -0.39 is 0 Å². The summed E-state index contributed by atoms with van der Waals surface area (Å²) in [4.78, 5) is 14.7. The van der Waals surface area contributed by atoms with Gasteiger partial charge in [-0.2, -0.15) is 0 Å². The zero-order valence-corrected chi connectivity index (χ0v) is 17.9. The lowest BCUT2D eigenvalue weighted by atomic mass is 10.1. The van der Waals surface area contributed by atoms with E-state index in [0.29, 0.717) is 17.3 Å². The van der Waals surface area contributed by atoms with Crippen LogP contribution in [0.5, 0.6) is 5.75 Å². The van der Waals surface area contributed by atoms with Crippen molar-refractivity contribution < 1.29 is 13.9 Å². The highest BCUT2D eigenvalue weighted by Gasteiger charge is 2.25. The van der Waals surface area contributed by atoms with E-state index in [4.69, 9.17) is 20.8 Å². The zero-order valence-electron chi connectivity index (χ0n) is 16.4. The summed E-state index contributed by atoms with van der Waals surface area (Å²) >= 11 is 6.01. The molecule has 1 aromatic heterocycles. The monoisotopic (exact) mass is 426 g/mol. The number of amides is 1.